The zero-order chi connectivity index (χ0) is 11.2. The molecule has 92 valence electrons. The van der Waals surface area contributed by atoms with Gasteiger partial charge >= 0.3 is 6.03 Å². The molecule has 2 unspecified atom stereocenters. The van der Waals surface area contributed by atoms with Crippen LogP contribution in [0.25, 0.3) is 0 Å². The fourth-order valence-corrected chi connectivity index (χ4v) is 2.24. The minimum absolute atomic E-state index is 0.0656. The Labute approximate surface area is 96.3 Å². The normalized spacial score (nSPS) is 30.0. The molecule has 0 radical (unpaired) electrons. The van der Waals surface area contributed by atoms with Crippen molar-refractivity contribution in [3.8, 4) is 0 Å². The molecule has 0 aromatic heterocycles. The summed E-state index contributed by atoms with van der Waals surface area (Å²) in [5.41, 5.74) is 0. The topological polar surface area (TPSA) is 62.4 Å². The van der Waals surface area contributed by atoms with Gasteiger partial charge in [-0.15, -0.1) is 0 Å². The van der Waals surface area contributed by atoms with Gasteiger partial charge in [-0.1, -0.05) is 0 Å². The molecule has 2 aliphatic rings. The number of rotatable bonds is 3. The van der Waals surface area contributed by atoms with E-state index in [9.17, 15) is 4.79 Å². The van der Waals surface area contributed by atoms with Crippen molar-refractivity contribution in [2.24, 2.45) is 0 Å². The fourth-order valence-electron chi connectivity index (χ4n) is 2.24. The molecule has 2 amide bonds. The first kappa shape index (κ1) is 11.7. The highest BCUT2D eigenvalue weighted by Gasteiger charge is 2.18. The molecule has 5 heteroatoms. The van der Waals surface area contributed by atoms with Gasteiger partial charge in [0.2, 0.25) is 0 Å². The lowest BCUT2D eigenvalue weighted by Crippen LogP contribution is -2.48. The van der Waals surface area contributed by atoms with Crippen molar-refractivity contribution >= 4 is 6.03 Å². The number of carbonyl (C=O) groups excluding carboxylic acids is 1. The second-order valence-corrected chi connectivity index (χ2v) is 4.56. The van der Waals surface area contributed by atoms with Crippen LogP contribution in [0.15, 0.2) is 0 Å². The van der Waals surface area contributed by atoms with E-state index < -0.39 is 0 Å². The van der Waals surface area contributed by atoms with Gasteiger partial charge in [0.25, 0.3) is 0 Å². The Hall–Kier alpha value is -0.810. The Morgan fingerprint density at radius 3 is 3.00 bits per heavy atom. The van der Waals surface area contributed by atoms with Gasteiger partial charge in [-0.05, 0) is 32.2 Å². The summed E-state index contributed by atoms with van der Waals surface area (Å²) in [4.78, 5) is 11.6. The predicted octanol–water partition coefficient (Wildman–Crippen LogP) is 0.217. The van der Waals surface area contributed by atoms with Crippen LogP contribution < -0.4 is 16.0 Å². The number of urea groups is 1. The first-order valence-electron chi connectivity index (χ1n) is 6.20. The lowest BCUT2D eigenvalue weighted by Gasteiger charge is -2.23. The van der Waals surface area contributed by atoms with Gasteiger partial charge in [0.05, 0.1) is 12.6 Å². The van der Waals surface area contributed by atoms with Crippen molar-refractivity contribution in [1.82, 2.24) is 16.0 Å². The van der Waals surface area contributed by atoms with Crippen LogP contribution in [-0.2, 0) is 4.74 Å². The zero-order valence-corrected chi connectivity index (χ0v) is 9.63. The maximum atomic E-state index is 11.6. The number of nitrogens with one attached hydrogen (secondary N) is 3. The molecule has 3 N–H and O–H groups in total. The molecule has 5 nitrogen and oxygen atoms in total. The Morgan fingerprint density at radius 1 is 1.38 bits per heavy atom. The molecule has 2 fully saturated rings. The molecule has 0 aliphatic carbocycles. The quantitative estimate of drug-likeness (QED) is 0.646. The fraction of sp³-hybridized carbons (Fsp3) is 0.909. The summed E-state index contributed by atoms with van der Waals surface area (Å²) in [7, 11) is 0. The number of amides is 2. The predicted molar refractivity (Wildman–Crippen MR) is 61.4 cm³/mol. The van der Waals surface area contributed by atoms with E-state index in [2.05, 4.69) is 16.0 Å². The Kier molecular flexibility index (Phi) is 4.42. The molecule has 16 heavy (non-hydrogen) atoms. The molecule has 0 spiro atoms. The average Bonchev–Trinajstić information content (AvgIpc) is 2.81. The monoisotopic (exact) mass is 227 g/mol. The molecular weight excluding hydrogens is 206 g/mol. The summed E-state index contributed by atoms with van der Waals surface area (Å²) in [6.07, 6.45) is 4.43. The Bertz CT molecular complexity index is 223. The highest BCUT2D eigenvalue weighted by molar-refractivity contribution is 5.74. The molecular formula is C11H21N3O2. The van der Waals surface area contributed by atoms with E-state index in [1.807, 2.05) is 0 Å². The number of hydrogen-bond donors (Lipinski definition) is 3. The summed E-state index contributed by atoms with van der Waals surface area (Å²) in [5, 5.41) is 9.19. The van der Waals surface area contributed by atoms with Crippen LogP contribution in [-0.4, -0.2) is 44.4 Å². The summed E-state index contributed by atoms with van der Waals surface area (Å²) in [6.45, 7) is 3.27. The second kappa shape index (κ2) is 6.06. The van der Waals surface area contributed by atoms with Gasteiger partial charge in [-0.25, -0.2) is 4.79 Å². The van der Waals surface area contributed by atoms with Gasteiger partial charge in [0.1, 0.15) is 0 Å². The number of carbonyl (C=O) groups is 1. The molecule has 2 saturated heterocycles. The largest absolute Gasteiger partial charge is 0.379 e. The van der Waals surface area contributed by atoms with Crippen LogP contribution in [0.4, 0.5) is 4.79 Å². The standard InChI is InChI=1S/C11H21N3O2/c15-11(13-7-9-3-1-5-12-9)14-10-4-2-6-16-8-10/h9-10,12H,1-8H2,(H2,13,14,15). The van der Waals surface area contributed by atoms with E-state index in [1.54, 1.807) is 0 Å². The summed E-state index contributed by atoms with van der Waals surface area (Å²) in [6, 6.07) is 0.572. The molecule has 0 aromatic rings. The van der Waals surface area contributed by atoms with Gasteiger partial charge in [0, 0.05) is 19.2 Å². The van der Waals surface area contributed by atoms with Crippen LogP contribution >= 0.6 is 0 Å². The number of hydrogen-bond acceptors (Lipinski definition) is 3. The smallest absolute Gasteiger partial charge is 0.315 e. The van der Waals surface area contributed by atoms with E-state index in [1.165, 1.54) is 6.42 Å². The van der Waals surface area contributed by atoms with Crippen molar-refractivity contribution in [3.05, 3.63) is 0 Å². The molecule has 0 bridgehead atoms. The van der Waals surface area contributed by atoms with E-state index in [0.29, 0.717) is 12.6 Å². The van der Waals surface area contributed by atoms with Gasteiger partial charge in [-0.2, -0.15) is 0 Å². The van der Waals surface area contributed by atoms with E-state index in [0.717, 1.165) is 39.0 Å². The van der Waals surface area contributed by atoms with Gasteiger partial charge < -0.3 is 20.7 Å². The van der Waals surface area contributed by atoms with Crippen LogP contribution in [0.2, 0.25) is 0 Å². The van der Waals surface area contributed by atoms with Crippen molar-refractivity contribution in [1.29, 1.82) is 0 Å². The zero-order valence-electron chi connectivity index (χ0n) is 9.63. The van der Waals surface area contributed by atoms with Crippen LogP contribution in [0.5, 0.6) is 0 Å². The third kappa shape index (κ3) is 3.64. The Balaban J connectivity index is 1.59. The average molecular weight is 227 g/mol. The molecule has 0 aromatic carbocycles. The van der Waals surface area contributed by atoms with Crippen LogP contribution in [0.1, 0.15) is 25.7 Å². The highest BCUT2D eigenvalue weighted by Crippen LogP contribution is 2.06. The minimum atomic E-state index is -0.0656. The lowest BCUT2D eigenvalue weighted by molar-refractivity contribution is 0.0732. The third-order valence-electron chi connectivity index (χ3n) is 3.17. The Morgan fingerprint density at radius 2 is 2.31 bits per heavy atom. The van der Waals surface area contributed by atoms with Crippen molar-refractivity contribution in [3.63, 3.8) is 0 Å². The van der Waals surface area contributed by atoms with Crippen LogP contribution in [0, 0.1) is 0 Å². The first-order chi connectivity index (χ1) is 7.84. The van der Waals surface area contributed by atoms with Crippen LogP contribution in [0.3, 0.4) is 0 Å². The van der Waals surface area contributed by atoms with Crippen molar-refractivity contribution in [2.75, 3.05) is 26.3 Å². The molecule has 0 saturated carbocycles. The molecule has 2 rings (SSSR count). The minimum Gasteiger partial charge on any atom is -0.379 e. The molecule has 2 aliphatic heterocycles. The maximum Gasteiger partial charge on any atom is 0.315 e. The highest BCUT2D eigenvalue weighted by atomic mass is 16.5. The lowest BCUT2D eigenvalue weighted by atomic mass is 10.1. The van der Waals surface area contributed by atoms with E-state index >= 15 is 0 Å². The number of ether oxygens (including phenoxy) is 1. The summed E-state index contributed by atoms with van der Waals surface area (Å²) >= 11 is 0. The molecule has 2 atom stereocenters. The summed E-state index contributed by atoms with van der Waals surface area (Å²) in [5.74, 6) is 0. The van der Waals surface area contributed by atoms with Gasteiger partial charge in [-0.3, -0.25) is 0 Å². The van der Waals surface area contributed by atoms with E-state index in [4.69, 9.17) is 4.74 Å². The van der Waals surface area contributed by atoms with Gasteiger partial charge in [0.15, 0.2) is 0 Å². The first-order valence-corrected chi connectivity index (χ1v) is 6.20. The third-order valence-corrected chi connectivity index (χ3v) is 3.17. The summed E-state index contributed by atoms with van der Waals surface area (Å²) < 4.78 is 5.31. The van der Waals surface area contributed by atoms with E-state index in [-0.39, 0.29) is 12.1 Å². The van der Waals surface area contributed by atoms with Crippen molar-refractivity contribution in [2.45, 2.75) is 37.8 Å². The second-order valence-electron chi connectivity index (χ2n) is 4.56. The molecule has 2 heterocycles. The van der Waals surface area contributed by atoms with Crippen molar-refractivity contribution < 1.29 is 9.53 Å². The SMILES string of the molecule is O=C(NCC1CCCN1)NC1CCCOC1. The maximum absolute atomic E-state index is 11.6.